The molecule has 4 heteroatoms. The number of carbonyl (C=O) groups is 1. The Morgan fingerprint density at radius 1 is 1.40 bits per heavy atom. The summed E-state index contributed by atoms with van der Waals surface area (Å²) < 4.78 is 0. The molecule has 0 aromatic heterocycles. The highest BCUT2D eigenvalue weighted by atomic mass is 16.3. The molecular weight excluding hydrogens is 192 g/mol. The molecule has 0 heterocycles. The van der Waals surface area contributed by atoms with Gasteiger partial charge in [0.25, 0.3) is 0 Å². The molecule has 0 aliphatic heterocycles. The van der Waals surface area contributed by atoms with Gasteiger partial charge >= 0.3 is 0 Å². The number of amides is 1. The topological polar surface area (TPSA) is 61.4 Å². The van der Waals surface area contributed by atoms with Crippen LogP contribution in [0, 0.1) is 0 Å². The van der Waals surface area contributed by atoms with Crippen LogP contribution in [0.1, 0.15) is 39.5 Å². The van der Waals surface area contributed by atoms with Crippen LogP contribution >= 0.6 is 0 Å². The smallest absolute Gasteiger partial charge is 0.234 e. The van der Waals surface area contributed by atoms with Crippen molar-refractivity contribution >= 4 is 5.91 Å². The van der Waals surface area contributed by atoms with Crippen molar-refractivity contribution in [3.63, 3.8) is 0 Å². The van der Waals surface area contributed by atoms with Crippen molar-refractivity contribution < 1.29 is 9.90 Å². The molecule has 0 atom stereocenters. The SMILES string of the molecule is CCC(O)(CC)CNCC(=O)NC1CC1. The first-order chi connectivity index (χ1) is 7.09. The van der Waals surface area contributed by atoms with E-state index in [1.165, 1.54) is 0 Å². The molecule has 0 aromatic carbocycles. The van der Waals surface area contributed by atoms with E-state index in [4.69, 9.17) is 0 Å². The van der Waals surface area contributed by atoms with Gasteiger partial charge in [-0.1, -0.05) is 13.8 Å². The molecule has 0 aromatic rings. The first kappa shape index (κ1) is 12.5. The van der Waals surface area contributed by atoms with Gasteiger partial charge in [-0.05, 0) is 25.7 Å². The van der Waals surface area contributed by atoms with E-state index in [0.29, 0.717) is 32.0 Å². The van der Waals surface area contributed by atoms with Crippen molar-refractivity contribution in [2.75, 3.05) is 13.1 Å². The lowest BCUT2D eigenvalue weighted by Gasteiger charge is -2.25. The molecule has 4 nitrogen and oxygen atoms in total. The molecule has 88 valence electrons. The monoisotopic (exact) mass is 214 g/mol. The van der Waals surface area contributed by atoms with E-state index in [9.17, 15) is 9.90 Å². The second kappa shape index (κ2) is 5.47. The summed E-state index contributed by atoms with van der Waals surface area (Å²) in [5.74, 6) is 0.0343. The maximum atomic E-state index is 11.3. The van der Waals surface area contributed by atoms with Gasteiger partial charge in [-0.15, -0.1) is 0 Å². The van der Waals surface area contributed by atoms with Crippen LogP contribution in [0.5, 0.6) is 0 Å². The summed E-state index contributed by atoms with van der Waals surface area (Å²) in [4.78, 5) is 11.3. The van der Waals surface area contributed by atoms with Crippen LogP contribution in [0.15, 0.2) is 0 Å². The average Bonchev–Trinajstić information content (AvgIpc) is 3.01. The van der Waals surface area contributed by atoms with Gasteiger partial charge in [-0.25, -0.2) is 0 Å². The van der Waals surface area contributed by atoms with Crippen LogP contribution in [0.25, 0.3) is 0 Å². The number of hydrogen-bond acceptors (Lipinski definition) is 3. The summed E-state index contributed by atoms with van der Waals surface area (Å²) in [7, 11) is 0. The Kier molecular flexibility index (Phi) is 4.54. The first-order valence-electron chi connectivity index (χ1n) is 5.82. The van der Waals surface area contributed by atoms with E-state index in [-0.39, 0.29) is 5.91 Å². The number of aliphatic hydroxyl groups is 1. The summed E-state index contributed by atoms with van der Waals surface area (Å²) in [5, 5.41) is 15.8. The molecule has 15 heavy (non-hydrogen) atoms. The molecule has 0 bridgehead atoms. The number of hydrogen-bond donors (Lipinski definition) is 3. The molecule has 1 aliphatic rings. The minimum Gasteiger partial charge on any atom is -0.389 e. The van der Waals surface area contributed by atoms with Crippen molar-refractivity contribution in [1.82, 2.24) is 10.6 Å². The molecule has 3 N–H and O–H groups in total. The average molecular weight is 214 g/mol. The number of nitrogens with one attached hydrogen (secondary N) is 2. The van der Waals surface area contributed by atoms with Crippen molar-refractivity contribution in [2.45, 2.75) is 51.2 Å². The maximum Gasteiger partial charge on any atom is 0.234 e. The van der Waals surface area contributed by atoms with Crippen LogP contribution < -0.4 is 10.6 Å². The van der Waals surface area contributed by atoms with Gasteiger partial charge in [0, 0.05) is 12.6 Å². The van der Waals surface area contributed by atoms with Crippen LogP contribution in [0.3, 0.4) is 0 Å². The number of carbonyl (C=O) groups excluding carboxylic acids is 1. The predicted molar refractivity (Wildman–Crippen MR) is 59.6 cm³/mol. The van der Waals surface area contributed by atoms with Crippen molar-refractivity contribution in [2.24, 2.45) is 0 Å². The highest BCUT2D eigenvalue weighted by Gasteiger charge is 2.24. The second-order valence-corrected chi connectivity index (χ2v) is 4.38. The van der Waals surface area contributed by atoms with E-state index >= 15 is 0 Å². The number of rotatable bonds is 7. The Bertz CT molecular complexity index is 211. The standard InChI is InChI=1S/C11H22N2O2/c1-3-11(15,4-2)8-12-7-10(14)13-9-5-6-9/h9,12,15H,3-8H2,1-2H3,(H,13,14). The Morgan fingerprint density at radius 2 is 2.00 bits per heavy atom. The summed E-state index contributed by atoms with van der Waals surface area (Å²) >= 11 is 0. The fourth-order valence-corrected chi connectivity index (χ4v) is 1.42. The van der Waals surface area contributed by atoms with Gasteiger partial charge in [-0.3, -0.25) is 4.79 Å². The van der Waals surface area contributed by atoms with Crippen molar-refractivity contribution in [1.29, 1.82) is 0 Å². The lowest BCUT2D eigenvalue weighted by molar-refractivity contribution is -0.120. The van der Waals surface area contributed by atoms with Crippen molar-refractivity contribution in [3.05, 3.63) is 0 Å². The molecule has 0 radical (unpaired) electrons. The van der Waals surface area contributed by atoms with Crippen LogP contribution in [-0.4, -0.2) is 35.7 Å². The zero-order valence-electron chi connectivity index (χ0n) is 9.68. The highest BCUT2D eigenvalue weighted by molar-refractivity contribution is 5.78. The van der Waals surface area contributed by atoms with Gasteiger partial charge < -0.3 is 15.7 Å². The Hall–Kier alpha value is -0.610. The van der Waals surface area contributed by atoms with E-state index in [2.05, 4.69) is 10.6 Å². The van der Waals surface area contributed by atoms with Gasteiger partial charge in [0.05, 0.1) is 12.1 Å². The minimum absolute atomic E-state index is 0.0343. The van der Waals surface area contributed by atoms with E-state index in [1.54, 1.807) is 0 Å². The molecule has 1 rings (SSSR count). The molecule has 1 fully saturated rings. The lowest BCUT2D eigenvalue weighted by atomic mass is 9.98. The summed E-state index contributed by atoms with van der Waals surface area (Å²) in [5.41, 5.74) is -0.667. The van der Waals surface area contributed by atoms with E-state index in [0.717, 1.165) is 12.8 Å². The van der Waals surface area contributed by atoms with Crippen LogP contribution in [0.4, 0.5) is 0 Å². The predicted octanol–water partition coefficient (Wildman–Crippen LogP) is 0.406. The van der Waals surface area contributed by atoms with Gasteiger partial charge in [0.1, 0.15) is 0 Å². The van der Waals surface area contributed by atoms with Gasteiger partial charge in [0.2, 0.25) is 5.91 Å². The minimum atomic E-state index is -0.667. The van der Waals surface area contributed by atoms with Crippen LogP contribution in [0.2, 0.25) is 0 Å². The Morgan fingerprint density at radius 3 is 2.47 bits per heavy atom. The Balaban J connectivity index is 2.10. The third-order valence-corrected chi connectivity index (χ3v) is 3.00. The fraction of sp³-hybridized carbons (Fsp3) is 0.909. The normalized spacial score (nSPS) is 16.5. The van der Waals surface area contributed by atoms with E-state index < -0.39 is 5.60 Å². The zero-order valence-corrected chi connectivity index (χ0v) is 9.68. The molecular formula is C11H22N2O2. The lowest BCUT2D eigenvalue weighted by Crippen LogP contribution is -2.43. The second-order valence-electron chi connectivity index (χ2n) is 4.38. The highest BCUT2D eigenvalue weighted by Crippen LogP contribution is 2.18. The van der Waals surface area contributed by atoms with Gasteiger partial charge in [0.15, 0.2) is 0 Å². The molecule has 1 amide bonds. The van der Waals surface area contributed by atoms with E-state index in [1.807, 2.05) is 13.8 Å². The summed E-state index contributed by atoms with van der Waals surface area (Å²) in [6, 6.07) is 0.413. The first-order valence-corrected chi connectivity index (χ1v) is 5.82. The molecule has 0 saturated heterocycles. The Labute approximate surface area is 91.4 Å². The summed E-state index contributed by atoms with van der Waals surface area (Å²) in [6.07, 6.45) is 3.64. The quantitative estimate of drug-likeness (QED) is 0.575. The van der Waals surface area contributed by atoms with Crippen LogP contribution in [-0.2, 0) is 4.79 Å². The fourth-order valence-electron chi connectivity index (χ4n) is 1.42. The van der Waals surface area contributed by atoms with Crippen molar-refractivity contribution in [3.8, 4) is 0 Å². The largest absolute Gasteiger partial charge is 0.389 e. The third kappa shape index (κ3) is 4.62. The molecule has 0 spiro atoms. The molecule has 1 aliphatic carbocycles. The third-order valence-electron chi connectivity index (χ3n) is 3.00. The zero-order chi connectivity index (χ0) is 11.3. The molecule has 0 unspecified atom stereocenters. The van der Waals surface area contributed by atoms with Gasteiger partial charge in [-0.2, -0.15) is 0 Å². The molecule has 1 saturated carbocycles. The maximum absolute atomic E-state index is 11.3. The summed E-state index contributed by atoms with van der Waals surface area (Å²) in [6.45, 7) is 4.70.